The monoisotopic (exact) mass is 382 g/mol. The second kappa shape index (κ2) is 8.65. The Bertz CT molecular complexity index is 650. The maximum Gasteiger partial charge on any atom is 0.355 e. The number of thiol groups is 1. The predicted molar refractivity (Wildman–Crippen MR) is 92.3 cm³/mol. The largest absolute Gasteiger partial charge is 0.355 e. The van der Waals surface area contributed by atoms with Crippen LogP contribution in [0.5, 0.6) is 0 Å². The fourth-order valence-corrected chi connectivity index (χ4v) is 5.04. The average Bonchev–Trinajstić information content (AvgIpc) is 2.50. The molecule has 1 unspecified atom stereocenters. The lowest BCUT2D eigenvalue weighted by Gasteiger charge is -2.16. The van der Waals surface area contributed by atoms with Crippen LogP contribution in [0.15, 0.2) is 23.1 Å². The molecule has 1 rings (SSSR count). The molecule has 1 atom stereocenters. The van der Waals surface area contributed by atoms with Gasteiger partial charge in [-0.1, -0.05) is 39.0 Å². The molecule has 0 fully saturated rings. The predicted octanol–water partition coefficient (Wildman–Crippen LogP) is 3.20. The number of rotatable bonds is 9. The lowest BCUT2D eigenvalue weighted by molar-refractivity contribution is 0.209. The first kappa shape index (κ1) is 20.7. The van der Waals surface area contributed by atoms with E-state index in [0.717, 1.165) is 0 Å². The van der Waals surface area contributed by atoms with Crippen LogP contribution in [0, 0.1) is 5.92 Å². The third-order valence-electron chi connectivity index (χ3n) is 2.96. The van der Waals surface area contributed by atoms with Gasteiger partial charge in [0.15, 0.2) is 6.35 Å². The first-order valence-electron chi connectivity index (χ1n) is 7.20. The van der Waals surface area contributed by atoms with Crippen molar-refractivity contribution in [2.75, 3.05) is 13.0 Å². The Hall–Kier alpha value is -0.370. The van der Waals surface area contributed by atoms with E-state index in [1.807, 2.05) is 20.8 Å². The van der Waals surface area contributed by atoms with Crippen molar-refractivity contribution in [1.29, 1.82) is 0 Å². The standard InChI is InChI=1S/C14H23O6PS2/c1-4-12-6-5-7-13(9-22)14(12)23(17,18)20-10-21(15,16)19-8-11(2)3/h5-7,11,22H,4,8-10H2,1-3H3,(H,15,16). The summed E-state index contributed by atoms with van der Waals surface area (Å²) in [6.07, 6.45) is -0.424. The molecule has 23 heavy (non-hydrogen) atoms. The quantitative estimate of drug-likeness (QED) is 0.387. The SMILES string of the molecule is CCc1cccc(CS)c1S(=O)(=O)OCP(=O)(O)OCC(C)C. The molecule has 0 aliphatic rings. The van der Waals surface area contributed by atoms with Gasteiger partial charge in [0, 0.05) is 5.75 Å². The molecule has 0 saturated heterocycles. The minimum atomic E-state index is -4.18. The van der Waals surface area contributed by atoms with Crippen LogP contribution >= 0.6 is 20.2 Å². The van der Waals surface area contributed by atoms with Crippen molar-refractivity contribution in [1.82, 2.24) is 0 Å². The zero-order valence-electron chi connectivity index (χ0n) is 13.4. The molecule has 0 radical (unpaired) electrons. The fraction of sp³-hybridized carbons (Fsp3) is 0.571. The highest BCUT2D eigenvalue weighted by Crippen LogP contribution is 2.43. The van der Waals surface area contributed by atoms with Gasteiger partial charge in [0.1, 0.15) is 4.90 Å². The van der Waals surface area contributed by atoms with Gasteiger partial charge in [-0.2, -0.15) is 21.0 Å². The molecule has 1 aromatic carbocycles. The molecule has 6 nitrogen and oxygen atoms in total. The van der Waals surface area contributed by atoms with Crippen LogP contribution in [0.1, 0.15) is 31.9 Å². The molecule has 0 aromatic heterocycles. The summed E-state index contributed by atoms with van der Waals surface area (Å²) in [4.78, 5) is 9.67. The van der Waals surface area contributed by atoms with Gasteiger partial charge in [-0.15, -0.1) is 0 Å². The van der Waals surface area contributed by atoms with E-state index in [9.17, 15) is 17.9 Å². The Kier molecular flexibility index (Phi) is 7.77. The minimum Gasteiger partial charge on any atom is -0.323 e. The highest BCUT2D eigenvalue weighted by molar-refractivity contribution is 7.87. The van der Waals surface area contributed by atoms with Crippen molar-refractivity contribution in [3.8, 4) is 0 Å². The van der Waals surface area contributed by atoms with E-state index in [1.165, 1.54) is 0 Å². The summed E-state index contributed by atoms with van der Waals surface area (Å²) in [5.74, 6) is 0.260. The molecule has 132 valence electrons. The lowest BCUT2D eigenvalue weighted by atomic mass is 10.1. The van der Waals surface area contributed by atoms with E-state index >= 15 is 0 Å². The fourth-order valence-electron chi connectivity index (χ4n) is 1.86. The average molecular weight is 382 g/mol. The maximum absolute atomic E-state index is 12.4. The van der Waals surface area contributed by atoms with Gasteiger partial charge in [0.25, 0.3) is 10.1 Å². The van der Waals surface area contributed by atoms with Crippen LogP contribution < -0.4 is 0 Å². The van der Waals surface area contributed by atoms with Crippen LogP contribution in [-0.4, -0.2) is 26.3 Å². The Balaban J connectivity index is 2.99. The second-order valence-corrected chi connectivity index (χ2v) is 9.10. The summed E-state index contributed by atoms with van der Waals surface area (Å²) in [5, 5.41) is 0. The van der Waals surface area contributed by atoms with E-state index in [4.69, 9.17) is 8.71 Å². The van der Waals surface area contributed by atoms with Gasteiger partial charge >= 0.3 is 7.60 Å². The molecule has 0 amide bonds. The van der Waals surface area contributed by atoms with Gasteiger partial charge in [-0.25, -0.2) is 0 Å². The topological polar surface area (TPSA) is 89.9 Å². The van der Waals surface area contributed by atoms with Gasteiger partial charge < -0.3 is 9.42 Å². The van der Waals surface area contributed by atoms with Crippen LogP contribution in [0.4, 0.5) is 0 Å². The molecule has 0 aliphatic heterocycles. The molecule has 1 aromatic rings. The van der Waals surface area contributed by atoms with Crippen molar-refractivity contribution >= 4 is 30.3 Å². The zero-order valence-corrected chi connectivity index (χ0v) is 16.0. The van der Waals surface area contributed by atoms with E-state index < -0.39 is 24.1 Å². The molecule has 0 bridgehead atoms. The van der Waals surface area contributed by atoms with Crippen molar-refractivity contribution < 1.29 is 26.6 Å². The van der Waals surface area contributed by atoms with Crippen molar-refractivity contribution in [3.05, 3.63) is 29.3 Å². The molecule has 1 N–H and O–H groups in total. The molecule has 9 heteroatoms. The normalized spacial score (nSPS) is 14.9. The van der Waals surface area contributed by atoms with Gasteiger partial charge in [0.2, 0.25) is 0 Å². The van der Waals surface area contributed by atoms with Gasteiger partial charge in [0.05, 0.1) is 6.61 Å². The Morgan fingerprint density at radius 3 is 2.43 bits per heavy atom. The number of hydrogen-bond acceptors (Lipinski definition) is 6. The number of aryl methyl sites for hydroxylation is 1. The summed E-state index contributed by atoms with van der Waals surface area (Å²) in [6.45, 7) is 5.49. The van der Waals surface area contributed by atoms with Crippen molar-refractivity contribution in [2.45, 2.75) is 37.8 Å². The lowest BCUT2D eigenvalue weighted by Crippen LogP contribution is -2.14. The minimum absolute atomic E-state index is 0.0151. The highest BCUT2D eigenvalue weighted by Gasteiger charge is 2.28. The van der Waals surface area contributed by atoms with E-state index in [-0.39, 0.29) is 23.2 Å². The molecule has 0 saturated carbocycles. The molecular formula is C14H23O6PS2. The van der Waals surface area contributed by atoms with Crippen LogP contribution in [0.3, 0.4) is 0 Å². The summed E-state index contributed by atoms with van der Waals surface area (Å²) in [7, 11) is -8.31. The summed E-state index contributed by atoms with van der Waals surface area (Å²) in [5.41, 5.74) is 1.07. The molecule has 0 spiro atoms. The highest BCUT2D eigenvalue weighted by atomic mass is 32.2. The Labute approximate surface area is 143 Å². The molecule has 0 heterocycles. The van der Waals surface area contributed by atoms with Gasteiger partial charge in [-0.05, 0) is 23.5 Å². The van der Waals surface area contributed by atoms with Crippen molar-refractivity contribution in [2.24, 2.45) is 5.92 Å². The molecular weight excluding hydrogens is 359 g/mol. The number of hydrogen-bond donors (Lipinski definition) is 2. The van der Waals surface area contributed by atoms with Crippen molar-refractivity contribution in [3.63, 3.8) is 0 Å². The first-order chi connectivity index (χ1) is 10.6. The summed E-state index contributed by atoms with van der Waals surface area (Å²) >= 11 is 4.13. The molecule has 0 aliphatic carbocycles. The number of benzene rings is 1. The smallest absolute Gasteiger partial charge is 0.323 e. The van der Waals surface area contributed by atoms with Crippen LogP contribution in [0.2, 0.25) is 0 Å². The zero-order chi connectivity index (χ0) is 17.7. The third-order valence-corrected chi connectivity index (χ3v) is 5.94. The summed E-state index contributed by atoms with van der Waals surface area (Å²) in [6, 6.07) is 5.05. The van der Waals surface area contributed by atoms with Gasteiger partial charge in [-0.3, -0.25) is 8.75 Å². The van der Waals surface area contributed by atoms with Crippen LogP contribution in [0.25, 0.3) is 0 Å². The second-order valence-electron chi connectivity index (χ2n) is 5.45. The third kappa shape index (κ3) is 6.21. The Morgan fingerprint density at radius 2 is 1.91 bits per heavy atom. The summed E-state index contributed by atoms with van der Waals surface area (Å²) < 4.78 is 46.3. The van der Waals surface area contributed by atoms with Crippen LogP contribution in [-0.2, 0) is 35.6 Å². The van der Waals surface area contributed by atoms with E-state index in [1.54, 1.807) is 18.2 Å². The van der Waals surface area contributed by atoms with E-state index in [0.29, 0.717) is 17.5 Å². The Morgan fingerprint density at radius 1 is 1.30 bits per heavy atom. The maximum atomic E-state index is 12.4. The first-order valence-corrected chi connectivity index (χ1v) is 11.0. The van der Waals surface area contributed by atoms with E-state index in [2.05, 4.69) is 12.6 Å².